The van der Waals surface area contributed by atoms with Crippen LogP contribution in [0.3, 0.4) is 0 Å². The van der Waals surface area contributed by atoms with Crippen molar-refractivity contribution in [2.75, 3.05) is 28.7 Å². The van der Waals surface area contributed by atoms with Crippen molar-refractivity contribution in [2.45, 2.75) is 20.8 Å². The second-order valence-corrected chi connectivity index (χ2v) is 9.59. The number of ether oxygens (including phenoxy) is 2. The Labute approximate surface area is 237 Å². The van der Waals surface area contributed by atoms with Crippen molar-refractivity contribution in [1.29, 1.82) is 0 Å². The Balaban J connectivity index is 1.45. The van der Waals surface area contributed by atoms with Gasteiger partial charge in [0.2, 0.25) is 0 Å². The lowest BCUT2D eigenvalue weighted by molar-refractivity contribution is -0.120. The third-order valence-corrected chi connectivity index (χ3v) is 6.94. The minimum Gasteiger partial charge on any atom is -0.462 e. The minimum absolute atomic E-state index is 0.157. The number of aryl methyl sites for hydroxylation is 1. The normalized spacial score (nSPS) is 12.9. The molecule has 2 N–H and O–H groups in total. The predicted molar refractivity (Wildman–Crippen MR) is 149 cm³/mol. The SMILES string of the molecule is CCOC(=O)c1cccc(N2C(=O)C(Cl)=C(Nc3ccc(C(=O)Nc4nc(C)c(C(=O)OCC)s4)cc3)C2=O)c1. The summed E-state index contributed by atoms with van der Waals surface area (Å²) in [4.78, 5) is 68.1. The number of hydrogen-bond acceptors (Lipinski definition) is 10. The van der Waals surface area contributed by atoms with E-state index in [1.165, 1.54) is 48.5 Å². The molecule has 13 heteroatoms. The van der Waals surface area contributed by atoms with Gasteiger partial charge in [-0.05, 0) is 63.2 Å². The van der Waals surface area contributed by atoms with Gasteiger partial charge < -0.3 is 14.8 Å². The fraction of sp³-hybridized carbons (Fsp3) is 0.185. The summed E-state index contributed by atoms with van der Waals surface area (Å²) in [6, 6.07) is 12.0. The Hall–Kier alpha value is -4.55. The van der Waals surface area contributed by atoms with Gasteiger partial charge in [-0.2, -0.15) is 0 Å². The maximum atomic E-state index is 13.1. The second-order valence-electron chi connectivity index (χ2n) is 8.22. The van der Waals surface area contributed by atoms with Gasteiger partial charge in [0.25, 0.3) is 17.7 Å². The summed E-state index contributed by atoms with van der Waals surface area (Å²) in [7, 11) is 0. The molecule has 2 heterocycles. The molecule has 1 aliphatic heterocycles. The molecular formula is C27H23ClN4O7S. The lowest BCUT2D eigenvalue weighted by atomic mass is 10.2. The number of rotatable bonds is 9. The van der Waals surface area contributed by atoms with Crippen LogP contribution < -0.4 is 15.5 Å². The zero-order chi connectivity index (χ0) is 29.0. The van der Waals surface area contributed by atoms with E-state index >= 15 is 0 Å². The first-order chi connectivity index (χ1) is 19.1. The Bertz CT molecular complexity index is 1550. The van der Waals surface area contributed by atoms with Gasteiger partial charge >= 0.3 is 11.9 Å². The summed E-state index contributed by atoms with van der Waals surface area (Å²) < 4.78 is 9.97. The second kappa shape index (κ2) is 12.1. The van der Waals surface area contributed by atoms with Gasteiger partial charge in [0.15, 0.2) is 5.13 Å². The minimum atomic E-state index is -0.757. The molecule has 0 radical (unpaired) electrons. The number of carbonyl (C=O) groups excluding carboxylic acids is 5. The first-order valence-electron chi connectivity index (χ1n) is 12.0. The van der Waals surface area contributed by atoms with Crippen molar-refractivity contribution in [3.05, 3.63) is 81.0 Å². The van der Waals surface area contributed by atoms with Gasteiger partial charge in [0.05, 0.1) is 30.2 Å². The molecule has 0 saturated carbocycles. The van der Waals surface area contributed by atoms with Crippen molar-refractivity contribution < 1.29 is 33.4 Å². The van der Waals surface area contributed by atoms with E-state index in [0.29, 0.717) is 16.3 Å². The average Bonchev–Trinajstić information content (AvgIpc) is 3.40. The van der Waals surface area contributed by atoms with Crippen LogP contribution in [0.5, 0.6) is 0 Å². The first kappa shape index (κ1) is 28.5. The summed E-state index contributed by atoms with van der Waals surface area (Å²) in [6.07, 6.45) is 0. The standard InChI is InChI=1S/C27H23ClN4O7S/c1-4-38-25(36)16-7-6-8-18(13-16)32-23(34)19(28)20(24(32)35)30-17-11-9-15(10-12-17)22(33)31-27-29-14(3)21(40-27)26(37)39-5-2/h6-13,30H,4-5H2,1-3H3,(H,29,31,33). The molecule has 3 amide bonds. The number of nitrogens with one attached hydrogen (secondary N) is 2. The molecule has 40 heavy (non-hydrogen) atoms. The number of thiazole rings is 1. The van der Waals surface area contributed by atoms with Crippen molar-refractivity contribution >= 4 is 69.1 Å². The van der Waals surface area contributed by atoms with Crippen molar-refractivity contribution in [3.8, 4) is 0 Å². The molecule has 0 atom stereocenters. The van der Waals surface area contributed by atoms with Crippen molar-refractivity contribution in [3.63, 3.8) is 0 Å². The summed E-state index contributed by atoms with van der Waals surface area (Å²) >= 11 is 7.22. The number of nitrogens with zero attached hydrogens (tertiary/aromatic N) is 2. The first-order valence-corrected chi connectivity index (χ1v) is 13.2. The molecule has 2 aromatic carbocycles. The summed E-state index contributed by atoms with van der Waals surface area (Å²) in [5.41, 5.74) is 1.29. The molecule has 0 aliphatic carbocycles. The molecular weight excluding hydrogens is 560 g/mol. The summed E-state index contributed by atoms with van der Waals surface area (Å²) in [5, 5.41) is 5.39. The highest BCUT2D eigenvalue weighted by Gasteiger charge is 2.39. The van der Waals surface area contributed by atoms with E-state index in [1.54, 1.807) is 20.8 Å². The van der Waals surface area contributed by atoms with Crippen LogP contribution in [-0.4, -0.2) is 47.9 Å². The number of hydrogen-bond donors (Lipinski definition) is 2. The van der Waals surface area contributed by atoms with E-state index in [-0.39, 0.29) is 45.9 Å². The molecule has 1 aliphatic rings. The van der Waals surface area contributed by atoms with E-state index in [9.17, 15) is 24.0 Å². The van der Waals surface area contributed by atoms with Crippen LogP contribution >= 0.6 is 22.9 Å². The Morgan fingerprint density at radius 1 is 0.950 bits per heavy atom. The maximum absolute atomic E-state index is 13.1. The number of halogens is 1. The third kappa shape index (κ3) is 5.87. The molecule has 1 aromatic heterocycles. The predicted octanol–water partition coefficient (Wildman–Crippen LogP) is 4.49. The fourth-order valence-corrected chi connectivity index (χ4v) is 4.75. The number of carbonyl (C=O) groups is 5. The number of esters is 2. The van der Waals surface area contributed by atoms with Crippen LogP contribution in [0.4, 0.5) is 16.5 Å². The van der Waals surface area contributed by atoms with Crippen LogP contribution in [0.15, 0.2) is 59.3 Å². The monoisotopic (exact) mass is 582 g/mol. The Kier molecular flexibility index (Phi) is 8.61. The van der Waals surface area contributed by atoms with Crippen LogP contribution in [0.2, 0.25) is 0 Å². The molecule has 0 fully saturated rings. The molecule has 0 bridgehead atoms. The van der Waals surface area contributed by atoms with Crippen LogP contribution in [-0.2, 0) is 19.1 Å². The van der Waals surface area contributed by atoms with E-state index in [1.807, 2.05) is 0 Å². The van der Waals surface area contributed by atoms with Gasteiger partial charge in [-0.25, -0.2) is 19.5 Å². The zero-order valence-electron chi connectivity index (χ0n) is 21.6. The van der Waals surface area contributed by atoms with Gasteiger partial charge in [0.1, 0.15) is 15.6 Å². The van der Waals surface area contributed by atoms with E-state index in [2.05, 4.69) is 15.6 Å². The third-order valence-electron chi connectivity index (χ3n) is 5.54. The van der Waals surface area contributed by atoms with Gasteiger partial charge in [-0.3, -0.25) is 19.7 Å². The van der Waals surface area contributed by atoms with Crippen molar-refractivity contribution in [2.24, 2.45) is 0 Å². The number of anilines is 3. The summed E-state index contributed by atoms with van der Waals surface area (Å²) in [5.74, 6) is -3.03. The van der Waals surface area contributed by atoms with Crippen LogP contribution in [0.25, 0.3) is 0 Å². The Morgan fingerprint density at radius 3 is 2.30 bits per heavy atom. The van der Waals surface area contributed by atoms with E-state index in [4.69, 9.17) is 21.1 Å². The zero-order valence-corrected chi connectivity index (χ0v) is 23.1. The molecule has 0 spiro atoms. The number of benzene rings is 2. The topological polar surface area (TPSA) is 144 Å². The lowest BCUT2D eigenvalue weighted by Crippen LogP contribution is -2.32. The van der Waals surface area contributed by atoms with Crippen LogP contribution in [0, 0.1) is 6.92 Å². The van der Waals surface area contributed by atoms with Crippen LogP contribution in [0.1, 0.15) is 49.9 Å². The van der Waals surface area contributed by atoms with Gasteiger partial charge in [0, 0.05) is 11.3 Å². The maximum Gasteiger partial charge on any atom is 0.350 e. The fourth-order valence-electron chi connectivity index (χ4n) is 3.69. The highest BCUT2D eigenvalue weighted by atomic mass is 35.5. The quantitative estimate of drug-likeness (QED) is 0.275. The smallest absolute Gasteiger partial charge is 0.350 e. The lowest BCUT2D eigenvalue weighted by Gasteiger charge is -2.16. The number of amides is 3. The number of aromatic nitrogens is 1. The molecule has 3 aromatic rings. The van der Waals surface area contributed by atoms with Gasteiger partial charge in [-0.15, -0.1) is 0 Å². The molecule has 11 nitrogen and oxygen atoms in total. The molecule has 0 unspecified atom stereocenters. The number of imide groups is 1. The highest BCUT2D eigenvalue weighted by Crippen LogP contribution is 2.31. The molecule has 0 saturated heterocycles. The molecule has 206 valence electrons. The van der Waals surface area contributed by atoms with Gasteiger partial charge in [-0.1, -0.05) is 29.0 Å². The highest BCUT2D eigenvalue weighted by molar-refractivity contribution is 7.17. The average molecular weight is 583 g/mol. The van der Waals surface area contributed by atoms with E-state index in [0.717, 1.165) is 16.2 Å². The van der Waals surface area contributed by atoms with Crippen molar-refractivity contribution in [1.82, 2.24) is 4.98 Å². The Morgan fingerprint density at radius 2 is 1.62 bits per heavy atom. The van der Waals surface area contributed by atoms with E-state index < -0.39 is 29.7 Å². The largest absolute Gasteiger partial charge is 0.462 e. The molecule has 4 rings (SSSR count). The summed E-state index contributed by atoms with van der Waals surface area (Å²) in [6.45, 7) is 5.41.